The second kappa shape index (κ2) is 8.53. The predicted octanol–water partition coefficient (Wildman–Crippen LogP) is 2.81. The Kier molecular flexibility index (Phi) is 6.39. The van der Waals surface area contributed by atoms with E-state index in [1.807, 2.05) is 36.4 Å². The topological polar surface area (TPSA) is 55.4 Å². The number of hydrogen-bond donors (Lipinski definition) is 1. The normalized spacial score (nSPS) is 10.0. The summed E-state index contributed by atoms with van der Waals surface area (Å²) in [5.41, 5.74) is 1.60. The number of amides is 1. The SMILES string of the molecule is O=C(COC(=O)c1cccc(I)c1)NCCc1ccccc1. The van der Waals surface area contributed by atoms with Crippen LogP contribution in [0.5, 0.6) is 0 Å². The molecule has 0 aliphatic rings. The first-order valence-electron chi connectivity index (χ1n) is 6.88. The molecule has 22 heavy (non-hydrogen) atoms. The summed E-state index contributed by atoms with van der Waals surface area (Å²) in [7, 11) is 0. The van der Waals surface area contributed by atoms with Crippen molar-refractivity contribution in [2.24, 2.45) is 0 Å². The number of benzene rings is 2. The van der Waals surface area contributed by atoms with Crippen LogP contribution in [-0.2, 0) is 16.0 Å². The number of rotatable bonds is 6. The molecule has 0 heterocycles. The fourth-order valence-electron chi connectivity index (χ4n) is 1.87. The summed E-state index contributed by atoms with van der Waals surface area (Å²) >= 11 is 2.12. The number of hydrogen-bond acceptors (Lipinski definition) is 3. The maximum Gasteiger partial charge on any atom is 0.338 e. The lowest BCUT2D eigenvalue weighted by atomic mass is 10.1. The molecule has 0 aliphatic carbocycles. The zero-order valence-corrected chi connectivity index (χ0v) is 14.1. The highest BCUT2D eigenvalue weighted by molar-refractivity contribution is 14.1. The second-order valence-electron chi connectivity index (χ2n) is 4.67. The monoisotopic (exact) mass is 409 g/mol. The summed E-state index contributed by atoms with van der Waals surface area (Å²) in [6.07, 6.45) is 0.747. The van der Waals surface area contributed by atoms with Crippen molar-refractivity contribution in [3.05, 3.63) is 69.3 Å². The molecule has 0 unspecified atom stereocenters. The average Bonchev–Trinajstić information content (AvgIpc) is 2.53. The van der Waals surface area contributed by atoms with Crippen LogP contribution in [0.1, 0.15) is 15.9 Å². The minimum absolute atomic E-state index is 0.265. The maximum absolute atomic E-state index is 11.8. The van der Waals surface area contributed by atoms with E-state index in [0.717, 1.165) is 15.6 Å². The molecule has 4 nitrogen and oxygen atoms in total. The van der Waals surface area contributed by atoms with Crippen molar-refractivity contribution in [3.63, 3.8) is 0 Å². The van der Waals surface area contributed by atoms with Crippen LogP contribution < -0.4 is 5.32 Å². The van der Waals surface area contributed by atoms with Gasteiger partial charge in [-0.2, -0.15) is 0 Å². The van der Waals surface area contributed by atoms with Gasteiger partial charge in [-0.1, -0.05) is 36.4 Å². The summed E-state index contributed by atoms with van der Waals surface area (Å²) in [6, 6.07) is 16.9. The Balaban J connectivity index is 1.70. The number of carbonyl (C=O) groups excluding carboxylic acids is 2. The third-order valence-electron chi connectivity index (χ3n) is 2.97. The minimum atomic E-state index is -0.489. The Labute approximate surface area is 143 Å². The molecule has 2 aromatic carbocycles. The number of ether oxygens (including phenoxy) is 1. The second-order valence-corrected chi connectivity index (χ2v) is 5.92. The first-order valence-corrected chi connectivity index (χ1v) is 7.96. The molecule has 0 saturated heterocycles. The highest BCUT2D eigenvalue weighted by Crippen LogP contribution is 2.08. The van der Waals surface area contributed by atoms with Crippen LogP contribution in [0.3, 0.4) is 0 Å². The van der Waals surface area contributed by atoms with Crippen molar-refractivity contribution in [1.29, 1.82) is 0 Å². The molecule has 0 fully saturated rings. The molecule has 0 radical (unpaired) electrons. The molecule has 0 saturated carbocycles. The van der Waals surface area contributed by atoms with E-state index in [9.17, 15) is 9.59 Å². The molecule has 0 aliphatic heterocycles. The molecular weight excluding hydrogens is 393 g/mol. The van der Waals surface area contributed by atoms with Gasteiger partial charge in [0.05, 0.1) is 5.56 Å². The van der Waals surface area contributed by atoms with Crippen LogP contribution in [0.4, 0.5) is 0 Å². The van der Waals surface area contributed by atoms with Crippen LogP contribution in [0.2, 0.25) is 0 Å². The first-order chi connectivity index (χ1) is 10.6. The quantitative estimate of drug-likeness (QED) is 0.590. The summed E-state index contributed by atoms with van der Waals surface area (Å²) in [5.74, 6) is -0.786. The van der Waals surface area contributed by atoms with Crippen LogP contribution in [0.15, 0.2) is 54.6 Å². The predicted molar refractivity (Wildman–Crippen MR) is 92.6 cm³/mol. The molecule has 114 valence electrons. The Bertz CT molecular complexity index is 643. The van der Waals surface area contributed by atoms with Crippen LogP contribution >= 0.6 is 22.6 Å². The lowest BCUT2D eigenvalue weighted by Crippen LogP contribution is -2.30. The minimum Gasteiger partial charge on any atom is -0.452 e. The zero-order valence-electron chi connectivity index (χ0n) is 11.9. The molecule has 0 aromatic heterocycles. The van der Waals surface area contributed by atoms with Gasteiger partial charge < -0.3 is 10.1 Å². The third kappa shape index (κ3) is 5.48. The molecule has 1 N–H and O–H groups in total. The summed E-state index contributed by atoms with van der Waals surface area (Å²) in [4.78, 5) is 23.4. The fraction of sp³-hybridized carbons (Fsp3) is 0.176. The Morgan fingerprint density at radius 3 is 2.55 bits per heavy atom. The zero-order chi connectivity index (χ0) is 15.8. The third-order valence-corrected chi connectivity index (χ3v) is 3.64. The largest absolute Gasteiger partial charge is 0.452 e. The molecule has 0 atom stereocenters. The number of nitrogens with one attached hydrogen (secondary N) is 1. The van der Waals surface area contributed by atoms with E-state index < -0.39 is 5.97 Å². The van der Waals surface area contributed by atoms with E-state index in [-0.39, 0.29) is 12.5 Å². The van der Waals surface area contributed by atoms with Gasteiger partial charge in [0.2, 0.25) is 0 Å². The van der Waals surface area contributed by atoms with Crippen LogP contribution in [0, 0.1) is 3.57 Å². The lowest BCUT2D eigenvalue weighted by Gasteiger charge is -2.07. The molecule has 0 bridgehead atoms. The van der Waals surface area contributed by atoms with E-state index in [1.54, 1.807) is 18.2 Å². The van der Waals surface area contributed by atoms with Gasteiger partial charge in [0.15, 0.2) is 6.61 Å². The standard InChI is InChI=1S/C17H16INO3/c18-15-8-4-7-14(11-15)17(21)22-12-16(20)19-10-9-13-5-2-1-3-6-13/h1-8,11H,9-10,12H2,(H,19,20). The molecular formula is C17H16INO3. The van der Waals surface area contributed by atoms with Gasteiger partial charge in [-0.15, -0.1) is 0 Å². The molecule has 5 heteroatoms. The van der Waals surface area contributed by atoms with Crippen molar-refractivity contribution >= 4 is 34.5 Å². The van der Waals surface area contributed by atoms with E-state index in [0.29, 0.717) is 12.1 Å². The van der Waals surface area contributed by atoms with Gasteiger partial charge in [0.25, 0.3) is 5.91 Å². The Morgan fingerprint density at radius 2 is 1.82 bits per heavy atom. The van der Waals surface area contributed by atoms with Gasteiger partial charge in [-0.3, -0.25) is 4.79 Å². The highest BCUT2D eigenvalue weighted by atomic mass is 127. The van der Waals surface area contributed by atoms with Crippen LogP contribution in [-0.4, -0.2) is 25.0 Å². The van der Waals surface area contributed by atoms with Gasteiger partial charge in [0, 0.05) is 10.1 Å². The van der Waals surface area contributed by atoms with Crippen molar-refractivity contribution < 1.29 is 14.3 Å². The van der Waals surface area contributed by atoms with E-state index >= 15 is 0 Å². The Hall–Kier alpha value is -1.89. The summed E-state index contributed by atoms with van der Waals surface area (Å²) < 4.78 is 5.94. The summed E-state index contributed by atoms with van der Waals surface area (Å²) in [5, 5.41) is 2.73. The number of carbonyl (C=O) groups is 2. The van der Waals surface area contributed by atoms with Gasteiger partial charge in [-0.25, -0.2) is 4.79 Å². The molecule has 2 rings (SSSR count). The average molecular weight is 409 g/mol. The van der Waals surface area contributed by atoms with Crippen molar-refractivity contribution in [1.82, 2.24) is 5.32 Å². The first kappa shape index (κ1) is 16.5. The van der Waals surface area contributed by atoms with E-state index in [1.165, 1.54) is 0 Å². The molecule has 0 spiro atoms. The smallest absolute Gasteiger partial charge is 0.338 e. The Morgan fingerprint density at radius 1 is 1.05 bits per heavy atom. The fourth-order valence-corrected chi connectivity index (χ4v) is 2.41. The molecule has 1 amide bonds. The van der Waals surface area contributed by atoms with E-state index in [4.69, 9.17) is 4.74 Å². The van der Waals surface area contributed by atoms with Gasteiger partial charge in [-0.05, 0) is 52.8 Å². The van der Waals surface area contributed by atoms with Gasteiger partial charge >= 0.3 is 5.97 Å². The maximum atomic E-state index is 11.8. The molecule has 2 aromatic rings. The van der Waals surface area contributed by atoms with Crippen molar-refractivity contribution in [2.45, 2.75) is 6.42 Å². The van der Waals surface area contributed by atoms with Crippen molar-refractivity contribution in [2.75, 3.05) is 13.2 Å². The number of halogens is 1. The van der Waals surface area contributed by atoms with Gasteiger partial charge in [0.1, 0.15) is 0 Å². The van der Waals surface area contributed by atoms with Crippen LogP contribution in [0.25, 0.3) is 0 Å². The van der Waals surface area contributed by atoms with E-state index in [2.05, 4.69) is 27.9 Å². The van der Waals surface area contributed by atoms with Crippen molar-refractivity contribution in [3.8, 4) is 0 Å². The summed E-state index contributed by atoms with van der Waals surface area (Å²) in [6.45, 7) is 0.253. The highest BCUT2D eigenvalue weighted by Gasteiger charge is 2.10. The lowest BCUT2D eigenvalue weighted by molar-refractivity contribution is -0.124. The number of esters is 1.